The van der Waals surface area contributed by atoms with Crippen LogP contribution in [-0.2, 0) is 0 Å². The number of aromatic nitrogens is 4. The molecule has 0 spiro atoms. The van der Waals surface area contributed by atoms with Crippen molar-refractivity contribution in [2.75, 3.05) is 17.6 Å². The summed E-state index contributed by atoms with van der Waals surface area (Å²) >= 11 is 1.45. The number of hydrogen-bond acceptors (Lipinski definition) is 7. The Bertz CT molecular complexity index is 1290. The third-order valence-electron chi connectivity index (χ3n) is 5.67. The second kappa shape index (κ2) is 7.95. The van der Waals surface area contributed by atoms with Crippen molar-refractivity contribution >= 4 is 33.7 Å². The van der Waals surface area contributed by atoms with Crippen molar-refractivity contribution in [3.05, 3.63) is 58.6 Å². The van der Waals surface area contributed by atoms with Crippen LogP contribution in [0.2, 0.25) is 0 Å². The van der Waals surface area contributed by atoms with Crippen LogP contribution < -0.4 is 16.4 Å². The van der Waals surface area contributed by atoms with Gasteiger partial charge in [-0.15, -0.1) is 11.3 Å². The predicted octanol–water partition coefficient (Wildman–Crippen LogP) is 3.68. The standard InChI is InChI=1S/C22H22FN7OS/c1-11-12(2)32-22(27-11)29-21(31)14-5-3-13(4-6-14)17-18-19(24)25-7-8-30(18)20(28-17)16-9-15(23)10-26-16/h3-8,15-16,26H,9-10H2,1-2H3,(H2,24,25)(H,27,29,31)/t15-,16-/m0/s1. The summed E-state index contributed by atoms with van der Waals surface area (Å²) in [4.78, 5) is 27.0. The lowest BCUT2D eigenvalue weighted by atomic mass is 10.1. The maximum atomic E-state index is 13.8. The number of amides is 1. The van der Waals surface area contributed by atoms with Crippen molar-refractivity contribution in [3.63, 3.8) is 0 Å². The average molecular weight is 452 g/mol. The van der Waals surface area contributed by atoms with Crippen LogP contribution in [0.4, 0.5) is 15.3 Å². The van der Waals surface area contributed by atoms with Crippen LogP contribution >= 0.6 is 11.3 Å². The number of imidazole rings is 1. The van der Waals surface area contributed by atoms with Gasteiger partial charge in [0, 0.05) is 41.4 Å². The van der Waals surface area contributed by atoms with E-state index >= 15 is 0 Å². The van der Waals surface area contributed by atoms with Gasteiger partial charge in [0.15, 0.2) is 5.13 Å². The van der Waals surface area contributed by atoms with Crippen molar-refractivity contribution in [1.29, 1.82) is 0 Å². The maximum absolute atomic E-state index is 13.8. The van der Waals surface area contributed by atoms with Crippen LogP contribution in [0.3, 0.4) is 0 Å². The van der Waals surface area contributed by atoms with E-state index in [0.29, 0.717) is 46.5 Å². The second-order valence-corrected chi connectivity index (χ2v) is 9.04. The highest BCUT2D eigenvalue weighted by Gasteiger charge is 2.30. The first-order valence-corrected chi connectivity index (χ1v) is 11.1. The Kier molecular flexibility index (Phi) is 5.10. The number of rotatable bonds is 4. The molecule has 4 N–H and O–H groups in total. The molecule has 1 aliphatic heterocycles. The molecule has 10 heteroatoms. The van der Waals surface area contributed by atoms with E-state index in [1.165, 1.54) is 11.3 Å². The highest BCUT2D eigenvalue weighted by Crippen LogP contribution is 2.33. The zero-order valence-electron chi connectivity index (χ0n) is 17.6. The molecule has 1 aromatic carbocycles. The molecule has 0 radical (unpaired) electrons. The summed E-state index contributed by atoms with van der Waals surface area (Å²) in [5.41, 5.74) is 9.69. The fourth-order valence-corrected chi connectivity index (χ4v) is 4.71. The molecule has 0 bridgehead atoms. The van der Waals surface area contributed by atoms with Gasteiger partial charge in [-0.2, -0.15) is 0 Å². The Balaban J connectivity index is 1.47. The molecule has 8 nitrogen and oxygen atoms in total. The number of nitrogens with one attached hydrogen (secondary N) is 2. The minimum Gasteiger partial charge on any atom is -0.382 e. The molecule has 4 aromatic rings. The predicted molar refractivity (Wildman–Crippen MR) is 123 cm³/mol. The minimum absolute atomic E-state index is 0.205. The molecule has 5 rings (SSSR count). The van der Waals surface area contributed by atoms with Crippen molar-refractivity contribution in [2.45, 2.75) is 32.5 Å². The third kappa shape index (κ3) is 3.61. The monoisotopic (exact) mass is 451 g/mol. The number of alkyl halides is 1. The summed E-state index contributed by atoms with van der Waals surface area (Å²) < 4.78 is 15.7. The number of hydrogen-bond donors (Lipinski definition) is 3. The normalized spacial score (nSPS) is 18.3. The Morgan fingerprint density at radius 2 is 2.06 bits per heavy atom. The summed E-state index contributed by atoms with van der Waals surface area (Å²) in [7, 11) is 0. The first kappa shape index (κ1) is 20.5. The summed E-state index contributed by atoms with van der Waals surface area (Å²) in [6.45, 7) is 4.18. The summed E-state index contributed by atoms with van der Waals surface area (Å²) in [6, 6.07) is 6.92. The van der Waals surface area contributed by atoms with Crippen LogP contribution in [0.15, 0.2) is 36.7 Å². The number of aryl methyl sites for hydroxylation is 2. The number of carbonyl (C=O) groups excluding carboxylic acids is 1. The number of benzene rings is 1. The molecule has 0 unspecified atom stereocenters. The third-order valence-corrected chi connectivity index (χ3v) is 6.66. The molecule has 2 atom stereocenters. The van der Waals surface area contributed by atoms with Gasteiger partial charge in [-0.3, -0.25) is 14.5 Å². The number of anilines is 2. The summed E-state index contributed by atoms with van der Waals surface area (Å²) in [6.07, 6.45) is 2.84. The van der Waals surface area contributed by atoms with Gasteiger partial charge in [0.2, 0.25) is 0 Å². The van der Waals surface area contributed by atoms with E-state index < -0.39 is 6.17 Å². The van der Waals surface area contributed by atoms with E-state index in [2.05, 4.69) is 20.6 Å². The summed E-state index contributed by atoms with van der Waals surface area (Å²) in [5.74, 6) is 0.805. The van der Waals surface area contributed by atoms with Gasteiger partial charge in [-0.25, -0.2) is 19.3 Å². The lowest BCUT2D eigenvalue weighted by molar-refractivity contribution is 0.102. The average Bonchev–Trinajstić information content (AvgIpc) is 3.46. The molecule has 32 heavy (non-hydrogen) atoms. The molecule has 0 saturated carbocycles. The van der Waals surface area contributed by atoms with E-state index in [1.54, 1.807) is 24.5 Å². The van der Waals surface area contributed by atoms with Crippen molar-refractivity contribution < 1.29 is 9.18 Å². The lowest BCUT2D eigenvalue weighted by Gasteiger charge is -2.08. The number of nitrogens with two attached hydrogens (primary N) is 1. The van der Waals surface area contributed by atoms with Gasteiger partial charge in [-0.05, 0) is 26.0 Å². The van der Waals surface area contributed by atoms with Gasteiger partial charge >= 0.3 is 0 Å². The number of nitrogen functional groups attached to an aromatic ring is 1. The van der Waals surface area contributed by atoms with Gasteiger partial charge < -0.3 is 11.1 Å². The van der Waals surface area contributed by atoms with Crippen LogP contribution in [0.1, 0.15) is 39.2 Å². The van der Waals surface area contributed by atoms with E-state index in [9.17, 15) is 9.18 Å². The van der Waals surface area contributed by atoms with Crippen LogP contribution in [-0.4, -0.2) is 38.0 Å². The van der Waals surface area contributed by atoms with Gasteiger partial charge in [0.25, 0.3) is 5.91 Å². The Morgan fingerprint density at radius 1 is 1.28 bits per heavy atom. The molecule has 0 aliphatic carbocycles. The topological polar surface area (TPSA) is 110 Å². The van der Waals surface area contributed by atoms with E-state index in [4.69, 9.17) is 10.7 Å². The number of nitrogens with zero attached hydrogens (tertiary/aromatic N) is 4. The van der Waals surface area contributed by atoms with E-state index in [1.807, 2.05) is 30.4 Å². The number of halogens is 1. The van der Waals surface area contributed by atoms with E-state index in [0.717, 1.165) is 16.1 Å². The molecular formula is C22H22FN7OS. The second-order valence-electron chi connectivity index (χ2n) is 7.84. The zero-order chi connectivity index (χ0) is 22.4. The lowest BCUT2D eigenvalue weighted by Crippen LogP contribution is -2.16. The molecule has 4 heterocycles. The largest absolute Gasteiger partial charge is 0.382 e. The van der Waals surface area contributed by atoms with Crippen molar-refractivity contribution in [3.8, 4) is 11.3 Å². The number of thiazole rings is 1. The van der Waals surface area contributed by atoms with Crippen LogP contribution in [0, 0.1) is 13.8 Å². The van der Waals surface area contributed by atoms with Gasteiger partial charge in [0.1, 0.15) is 29.0 Å². The summed E-state index contributed by atoms with van der Waals surface area (Å²) in [5, 5.41) is 6.59. The van der Waals surface area contributed by atoms with Crippen molar-refractivity contribution in [1.82, 2.24) is 24.7 Å². The smallest absolute Gasteiger partial charge is 0.257 e. The van der Waals surface area contributed by atoms with Gasteiger partial charge in [0.05, 0.1) is 11.7 Å². The first-order valence-electron chi connectivity index (χ1n) is 10.3. The molecular weight excluding hydrogens is 429 g/mol. The molecule has 3 aromatic heterocycles. The molecule has 1 fully saturated rings. The fourth-order valence-electron chi connectivity index (χ4n) is 3.90. The Labute approximate surface area is 187 Å². The van der Waals surface area contributed by atoms with Gasteiger partial charge in [-0.1, -0.05) is 12.1 Å². The van der Waals surface area contributed by atoms with E-state index in [-0.39, 0.29) is 11.9 Å². The fraction of sp³-hybridized carbons (Fsp3) is 0.273. The highest BCUT2D eigenvalue weighted by molar-refractivity contribution is 7.15. The molecule has 164 valence electrons. The van der Waals surface area contributed by atoms with Crippen LogP contribution in [0.5, 0.6) is 0 Å². The quantitative estimate of drug-likeness (QED) is 0.437. The highest BCUT2D eigenvalue weighted by atomic mass is 32.1. The first-order chi connectivity index (χ1) is 15.4. The Hall–Kier alpha value is -3.37. The number of carbonyl (C=O) groups is 1. The minimum atomic E-state index is -0.904. The van der Waals surface area contributed by atoms with Crippen LogP contribution in [0.25, 0.3) is 16.8 Å². The van der Waals surface area contributed by atoms with Crippen molar-refractivity contribution in [2.24, 2.45) is 0 Å². The molecule has 1 aliphatic rings. The Morgan fingerprint density at radius 3 is 2.72 bits per heavy atom. The zero-order valence-corrected chi connectivity index (χ0v) is 18.4. The molecule has 1 amide bonds. The molecule has 1 saturated heterocycles. The number of fused-ring (bicyclic) bond motifs is 1. The maximum Gasteiger partial charge on any atom is 0.257 e. The SMILES string of the molecule is Cc1nc(NC(=O)c2ccc(-c3nc([C@@H]4C[C@H](F)CN4)n4ccnc(N)c34)cc2)sc1C.